The van der Waals surface area contributed by atoms with Crippen LogP contribution in [0.1, 0.15) is 27.2 Å². The maximum absolute atomic E-state index is 13.6. The van der Waals surface area contributed by atoms with Crippen molar-refractivity contribution in [3.8, 4) is 11.3 Å². The molecule has 0 atom stereocenters. The van der Waals surface area contributed by atoms with Crippen LogP contribution in [0.25, 0.3) is 17.4 Å². The van der Waals surface area contributed by atoms with Crippen molar-refractivity contribution >= 4 is 51.9 Å². The molecule has 0 bridgehead atoms. The molecule has 0 spiro atoms. The predicted molar refractivity (Wildman–Crippen MR) is 144 cm³/mol. The average molecular weight is 503 g/mol. The average Bonchev–Trinajstić information content (AvgIpc) is 3.30. The molecule has 1 aromatic heterocycles. The van der Waals surface area contributed by atoms with Gasteiger partial charge in [0.2, 0.25) is 0 Å². The zero-order valence-corrected chi connectivity index (χ0v) is 20.7. The van der Waals surface area contributed by atoms with Crippen molar-refractivity contribution in [1.29, 1.82) is 0 Å². The lowest BCUT2D eigenvalue weighted by Crippen LogP contribution is -2.39. The molecule has 0 saturated carbocycles. The van der Waals surface area contributed by atoms with Crippen molar-refractivity contribution in [2.45, 2.75) is 13.8 Å². The Balaban J connectivity index is 1.71. The summed E-state index contributed by atoms with van der Waals surface area (Å²) in [7, 11) is 0. The number of anilines is 1. The van der Waals surface area contributed by atoms with Gasteiger partial charge in [-0.15, -0.1) is 0 Å². The van der Waals surface area contributed by atoms with Crippen LogP contribution < -0.4 is 5.43 Å². The monoisotopic (exact) mass is 502 g/mol. The molecule has 0 saturated heterocycles. The summed E-state index contributed by atoms with van der Waals surface area (Å²) in [6.45, 7) is 4.05. The second-order valence-corrected chi connectivity index (χ2v) is 9.28. The highest BCUT2D eigenvalue weighted by Gasteiger charge is 2.24. The van der Waals surface area contributed by atoms with Crippen LogP contribution in [0.15, 0.2) is 88.2 Å². The summed E-state index contributed by atoms with van der Waals surface area (Å²) in [5.41, 5.74) is 6.67. The number of thioether (sulfide) groups is 1. The van der Waals surface area contributed by atoms with E-state index in [0.29, 0.717) is 17.1 Å². The number of allylic oxidation sites excluding steroid dienone is 2. The first kappa shape index (κ1) is 24.3. The van der Waals surface area contributed by atoms with E-state index in [9.17, 15) is 14.7 Å². The fourth-order valence-corrected chi connectivity index (χ4v) is 4.47. The lowest BCUT2D eigenvalue weighted by Gasteiger charge is -2.24. The molecule has 0 aliphatic carbocycles. The Morgan fingerprint density at radius 2 is 1.80 bits per heavy atom. The minimum atomic E-state index is -1.12. The number of benzene rings is 2. The van der Waals surface area contributed by atoms with Crippen molar-refractivity contribution in [3.63, 3.8) is 0 Å². The molecule has 35 heavy (non-hydrogen) atoms. The number of aryl methyl sites for hydroxylation is 2. The fourth-order valence-electron chi connectivity index (χ4n) is 3.65. The number of rotatable bonds is 5. The minimum Gasteiger partial charge on any atom is -0.478 e. The van der Waals surface area contributed by atoms with Gasteiger partial charge in [-0.05, 0) is 66.8 Å². The second-order valence-electron chi connectivity index (χ2n) is 7.74. The molecule has 0 unspecified atom stereocenters. The van der Waals surface area contributed by atoms with E-state index < -0.39 is 11.9 Å². The van der Waals surface area contributed by atoms with Gasteiger partial charge in [0.1, 0.15) is 11.5 Å². The molecular formula is C27H22N2O4S2. The van der Waals surface area contributed by atoms with Gasteiger partial charge in [-0.25, -0.2) is 9.80 Å². The third-order valence-electron chi connectivity index (χ3n) is 5.31. The number of aromatic carboxylic acids is 1. The Morgan fingerprint density at radius 3 is 2.54 bits per heavy atom. The zero-order valence-electron chi connectivity index (χ0n) is 19.0. The summed E-state index contributed by atoms with van der Waals surface area (Å²) >= 11 is 6.63. The highest BCUT2D eigenvalue weighted by molar-refractivity contribution is 8.24. The van der Waals surface area contributed by atoms with Crippen LogP contribution in [0.4, 0.5) is 5.69 Å². The van der Waals surface area contributed by atoms with Crippen LogP contribution in [0.3, 0.4) is 0 Å². The van der Waals surface area contributed by atoms with Crippen molar-refractivity contribution in [1.82, 2.24) is 5.01 Å². The number of nitrogens with zero attached hydrogens (tertiary/aromatic N) is 1. The minimum absolute atomic E-state index is 0.0221. The number of amides is 1. The van der Waals surface area contributed by atoms with Crippen LogP contribution in [0.5, 0.6) is 0 Å². The summed E-state index contributed by atoms with van der Waals surface area (Å²) in [4.78, 5) is 25.2. The lowest BCUT2D eigenvalue weighted by atomic mass is 10.0. The smallest absolute Gasteiger partial charge is 0.337 e. The van der Waals surface area contributed by atoms with E-state index in [4.69, 9.17) is 16.6 Å². The lowest BCUT2D eigenvalue weighted by molar-refractivity contribution is -0.121. The molecule has 2 aromatic carbocycles. The number of carbonyl (C=O) groups is 2. The molecule has 0 radical (unpaired) electrons. The zero-order chi connectivity index (χ0) is 24.9. The predicted octanol–water partition coefficient (Wildman–Crippen LogP) is 6.60. The Hall–Kier alpha value is -3.88. The molecule has 2 heterocycles. The molecule has 4 rings (SSSR count). The van der Waals surface area contributed by atoms with Crippen LogP contribution in [0, 0.1) is 13.8 Å². The van der Waals surface area contributed by atoms with Gasteiger partial charge in [0, 0.05) is 11.1 Å². The first-order valence-electron chi connectivity index (χ1n) is 10.7. The van der Waals surface area contributed by atoms with Crippen molar-refractivity contribution in [3.05, 3.63) is 106 Å². The Bertz CT molecular complexity index is 1380. The maximum atomic E-state index is 13.6. The van der Waals surface area contributed by atoms with Crippen molar-refractivity contribution < 1.29 is 19.1 Å². The number of carboxylic acid groups (broad SMARTS) is 1. The SMILES string of the molecule is Cc1cccc(C)c1-c1ccc(C=C2C=CC=CSC(=S)N(Nc3ccccc3C(=O)O)C2=O)o1. The molecule has 0 fully saturated rings. The molecule has 176 valence electrons. The Kier molecular flexibility index (Phi) is 7.33. The van der Waals surface area contributed by atoms with Gasteiger partial charge in [-0.2, -0.15) is 0 Å². The van der Waals surface area contributed by atoms with Crippen LogP contribution >= 0.6 is 24.0 Å². The summed E-state index contributed by atoms with van der Waals surface area (Å²) in [5.74, 6) is -0.354. The van der Waals surface area contributed by atoms with Gasteiger partial charge in [0.05, 0.1) is 11.3 Å². The normalized spacial score (nSPS) is 15.1. The highest BCUT2D eigenvalue weighted by atomic mass is 32.2. The summed E-state index contributed by atoms with van der Waals surface area (Å²) in [5, 5.41) is 12.4. The van der Waals surface area contributed by atoms with E-state index >= 15 is 0 Å². The quantitative estimate of drug-likeness (QED) is 0.300. The molecule has 1 aliphatic rings. The molecule has 6 nitrogen and oxygen atoms in total. The van der Waals surface area contributed by atoms with E-state index in [1.54, 1.807) is 47.9 Å². The number of hydrogen-bond donors (Lipinski definition) is 2. The Labute approximate surface area is 212 Å². The third-order valence-corrected chi connectivity index (χ3v) is 6.46. The molecule has 1 aliphatic heterocycles. The molecular weight excluding hydrogens is 480 g/mol. The van der Waals surface area contributed by atoms with E-state index in [2.05, 4.69) is 5.43 Å². The van der Waals surface area contributed by atoms with E-state index in [-0.39, 0.29) is 15.6 Å². The van der Waals surface area contributed by atoms with Crippen molar-refractivity contribution in [2.75, 3.05) is 5.43 Å². The number of nitrogens with one attached hydrogen (secondary N) is 1. The molecule has 2 N–H and O–H groups in total. The van der Waals surface area contributed by atoms with Gasteiger partial charge < -0.3 is 9.52 Å². The third kappa shape index (κ3) is 5.45. The number of carbonyl (C=O) groups excluding carboxylic acids is 1. The van der Waals surface area contributed by atoms with E-state index in [0.717, 1.165) is 16.7 Å². The molecule has 3 aromatic rings. The molecule has 8 heteroatoms. The first-order valence-corrected chi connectivity index (χ1v) is 12.0. The summed E-state index contributed by atoms with van der Waals surface area (Å²) in [6.07, 6.45) is 6.81. The highest BCUT2D eigenvalue weighted by Crippen LogP contribution is 2.30. The van der Waals surface area contributed by atoms with Gasteiger partial charge in [0.15, 0.2) is 4.32 Å². The first-order chi connectivity index (χ1) is 16.8. The van der Waals surface area contributed by atoms with Crippen molar-refractivity contribution in [2.24, 2.45) is 0 Å². The van der Waals surface area contributed by atoms with Gasteiger partial charge in [0.25, 0.3) is 5.91 Å². The standard InChI is InChI=1S/C27H22N2O4S2/c1-17-8-7-9-18(2)24(17)23-14-13-20(33-23)16-19-10-5-6-15-35-27(34)29(25(19)30)28-22-12-4-3-11-21(22)26(31)32/h3-16,28H,1-2H3,(H,31,32). The van der Waals surface area contributed by atoms with Gasteiger partial charge in [-0.3, -0.25) is 10.2 Å². The number of hydrogen-bond acceptors (Lipinski definition) is 6. The van der Waals surface area contributed by atoms with Gasteiger partial charge >= 0.3 is 5.97 Å². The number of carboxylic acids is 1. The number of hydrazine groups is 1. The van der Waals surface area contributed by atoms with E-state index in [1.807, 2.05) is 44.2 Å². The largest absolute Gasteiger partial charge is 0.478 e. The number of para-hydroxylation sites is 1. The van der Waals surface area contributed by atoms with E-state index in [1.165, 1.54) is 22.8 Å². The topological polar surface area (TPSA) is 82.8 Å². The maximum Gasteiger partial charge on any atom is 0.337 e. The number of furan rings is 1. The van der Waals surface area contributed by atoms with Crippen LogP contribution in [0.2, 0.25) is 0 Å². The van der Waals surface area contributed by atoms with Gasteiger partial charge in [-0.1, -0.05) is 66.5 Å². The fraction of sp³-hybridized carbons (Fsp3) is 0.0741. The molecule has 1 amide bonds. The van der Waals surface area contributed by atoms with Crippen LogP contribution in [-0.4, -0.2) is 26.3 Å². The summed E-state index contributed by atoms with van der Waals surface area (Å²) < 4.78 is 6.30. The second kappa shape index (κ2) is 10.6. The number of thiocarbonyl (C=S) groups is 1. The summed E-state index contributed by atoms with van der Waals surface area (Å²) in [6, 6.07) is 16.1. The van der Waals surface area contributed by atoms with Crippen LogP contribution in [-0.2, 0) is 4.79 Å². The Morgan fingerprint density at radius 1 is 1.06 bits per heavy atom.